The number of aliphatic hydroxyl groups is 1. The molecule has 0 spiro atoms. The van der Waals surface area contributed by atoms with Gasteiger partial charge in [0.25, 0.3) is 0 Å². The van der Waals surface area contributed by atoms with E-state index in [-0.39, 0.29) is 0 Å². The number of hydrogen-bond donors (Lipinski definition) is 1. The van der Waals surface area contributed by atoms with E-state index < -0.39 is 5.72 Å². The molecule has 0 radical (unpaired) electrons. The average Bonchev–Trinajstić information content (AvgIpc) is 2.52. The standard InChI is InChI=1S/C12H14N2OS/c1-9-8-12(2,15)14(13-9)11(16)10-6-4-3-5-7-10/h3-7,15H,8H2,1-2H3/t12-/m1/s1. The Bertz CT molecular complexity index is 440. The van der Waals surface area contributed by atoms with Gasteiger partial charge in [-0.15, -0.1) is 0 Å². The second-order valence-corrected chi connectivity index (χ2v) is 4.60. The molecular formula is C12H14N2OS. The van der Waals surface area contributed by atoms with E-state index in [1.54, 1.807) is 6.92 Å². The van der Waals surface area contributed by atoms with Crippen LogP contribution in [0.15, 0.2) is 35.4 Å². The van der Waals surface area contributed by atoms with Gasteiger partial charge in [0.05, 0.1) is 0 Å². The van der Waals surface area contributed by atoms with E-state index in [0.717, 1.165) is 11.3 Å². The first-order valence-electron chi connectivity index (χ1n) is 5.17. The predicted molar refractivity (Wildman–Crippen MR) is 68.3 cm³/mol. The van der Waals surface area contributed by atoms with Crippen LogP contribution in [0.5, 0.6) is 0 Å². The van der Waals surface area contributed by atoms with Crippen molar-refractivity contribution in [1.29, 1.82) is 0 Å². The zero-order valence-corrected chi connectivity index (χ0v) is 10.2. The second-order valence-electron chi connectivity index (χ2n) is 4.21. The van der Waals surface area contributed by atoms with Crippen molar-refractivity contribution < 1.29 is 5.11 Å². The Balaban J connectivity index is 2.30. The van der Waals surface area contributed by atoms with Crippen LogP contribution in [-0.4, -0.2) is 26.5 Å². The first kappa shape index (κ1) is 11.2. The third kappa shape index (κ3) is 1.99. The van der Waals surface area contributed by atoms with E-state index in [1.165, 1.54) is 5.01 Å². The molecule has 0 aliphatic carbocycles. The van der Waals surface area contributed by atoms with Crippen molar-refractivity contribution in [3.05, 3.63) is 35.9 Å². The van der Waals surface area contributed by atoms with Gasteiger partial charge >= 0.3 is 0 Å². The van der Waals surface area contributed by atoms with Crippen LogP contribution in [0.25, 0.3) is 0 Å². The van der Waals surface area contributed by atoms with Crippen molar-refractivity contribution in [1.82, 2.24) is 5.01 Å². The Morgan fingerprint density at radius 1 is 1.44 bits per heavy atom. The summed E-state index contributed by atoms with van der Waals surface area (Å²) >= 11 is 5.34. The van der Waals surface area contributed by atoms with Gasteiger partial charge in [0.15, 0.2) is 5.72 Å². The van der Waals surface area contributed by atoms with Gasteiger partial charge in [0, 0.05) is 17.7 Å². The lowest BCUT2D eigenvalue weighted by molar-refractivity contribution is -0.0311. The zero-order chi connectivity index (χ0) is 11.8. The molecule has 16 heavy (non-hydrogen) atoms. The van der Waals surface area contributed by atoms with Crippen molar-refractivity contribution in [2.75, 3.05) is 0 Å². The third-order valence-corrected chi connectivity index (χ3v) is 2.94. The van der Waals surface area contributed by atoms with Gasteiger partial charge in [0.2, 0.25) is 0 Å². The summed E-state index contributed by atoms with van der Waals surface area (Å²) in [6, 6.07) is 9.61. The van der Waals surface area contributed by atoms with E-state index in [0.29, 0.717) is 11.4 Å². The zero-order valence-electron chi connectivity index (χ0n) is 9.34. The maximum absolute atomic E-state index is 10.2. The van der Waals surface area contributed by atoms with Crippen LogP contribution in [0.1, 0.15) is 25.8 Å². The van der Waals surface area contributed by atoms with E-state index in [2.05, 4.69) is 5.10 Å². The van der Waals surface area contributed by atoms with Crippen LogP contribution in [0.2, 0.25) is 0 Å². The number of thiocarbonyl (C=S) groups is 1. The fourth-order valence-corrected chi connectivity index (χ4v) is 2.21. The first-order chi connectivity index (χ1) is 7.50. The molecule has 1 N–H and O–H groups in total. The van der Waals surface area contributed by atoms with Crippen molar-refractivity contribution in [2.24, 2.45) is 5.10 Å². The summed E-state index contributed by atoms with van der Waals surface area (Å²) < 4.78 is 0. The minimum Gasteiger partial charge on any atom is -0.369 e. The molecule has 0 saturated carbocycles. The van der Waals surface area contributed by atoms with E-state index in [4.69, 9.17) is 12.2 Å². The summed E-state index contributed by atoms with van der Waals surface area (Å²) in [7, 11) is 0. The molecule has 0 aromatic heterocycles. The number of hydrazone groups is 1. The predicted octanol–water partition coefficient (Wildman–Crippen LogP) is 2.15. The summed E-state index contributed by atoms with van der Waals surface area (Å²) in [5.74, 6) is 0. The highest BCUT2D eigenvalue weighted by Gasteiger charge is 2.37. The Kier molecular flexibility index (Phi) is 2.78. The monoisotopic (exact) mass is 234 g/mol. The Morgan fingerprint density at radius 2 is 2.06 bits per heavy atom. The van der Waals surface area contributed by atoms with Crippen LogP contribution in [0.4, 0.5) is 0 Å². The molecule has 84 valence electrons. The van der Waals surface area contributed by atoms with Crippen LogP contribution < -0.4 is 0 Å². The normalized spacial score (nSPS) is 24.4. The SMILES string of the molecule is CC1=NN(C(=S)c2ccccc2)[C@](C)(O)C1. The Morgan fingerprint density at radius 3 is 2.56 bits per heavy atom. The van der Waals surface area contributed by atoms with E-state index in [1.807, 2.05) is 37.3 Å². The van der Waals surface area contributed by atoms with Gasteiger partial charge in [-0.1, -0.05) is 42.5 Å². The maximum Gasteiger partial charge on any atom is 0.161 e. The van der Waals surface area contributed by atoms with Crippen molar-refractivity contribution in [3.63, 3.8) is 0 Å². The molecule has 0 saturated heterocycles. The quantitative estimate of drug-likeness (QED) is 0.756. The molecule has 0 amide bonds. The number of nitrogens with zero attached hydrogens (tertiary/aromatic N) is 2. The Hall–Kier alpha value is -1.26. The van der Waals surface area contributed by atoms with Crippen LogP contribution >= 0.6 is 12.2 Å². The summed E-state index contributed by atoms with van der Waals surface area (Å²) in [6.45, 7) is 3.62. The molecule has 1 aromatic rings. The minimum absolute atomic E-state index is 0.528. The van der Waals surface area contributed by atoms with Crippen molar-refractivity contribution in [3.8, 4) is 0 Å². The molecule has 0 fully saturated rings. The van der Waals surface area contributed by atoms with E-state index >= 15 is 0 Å². The van der Waals surface area contributed by atoms with E-state index in [9.17, 15) is 5.11 Å². The highest BCUT2D eigenvalue weighted by Crippen LogP contribution is 2.26. The van der Waals surface area contributed by atoms with Gasteiger partial charge < -0.3 is 5.11 Å². The fraction of sp³-hybridized carbons (Fsp3) is 0.333. The summed E-state index contributed by atoms with van der Waals surface area (Å²) in [5, 5.41) is 16.0. The molecule has 2 rings (SSSR count). The summed E-state index contributed by atoms with van der Waals surface area (Å²) in [4.78, 5) is 0.558. The van der Waals surface area contributed by atoms with Gasteiger partial charge in [-0.25, -0.2) is 5.01 Å². The number of hydrogen-bond acceptors (Lipinski definition) is 3. The third-order valence-electron chi connectivity index (χ3n) is 2.53. The summed E-state index contributed by atoms with van der Waals surface area (Å²) in [5.41, 5.74) is 0.788. The smallest absolute Gasteiger partial charge is 0.161 e. The minimum atomic E-state index is -1.00. The Labute approximate surface area is 100 Å². The van der Waals surface area contributed by atoms with Gasteiger partial charge in [0.1, 0.15) is 4.99 Å². The van der Waals surface area contributed by atoms with Gasteiger partial charge in [-0.05, 0) is 13.8 Å². The molecule has 1 heterocycles. The van der Waals surface area contributed by atoms with Crippen LogP contribution in [0.3, 0.4) is 0 Å². The number of rotatable bonds is 1. The summed E-state index contributed by atoms with van der Waals surface area (Å²) in [6.07, 6.45) is 0.528. The maximum atomic E-state index is 10.2. The van der Waals surface area contributed by atoms with Crippen LogP contribution in [-0.2, 0) is 0 Å². The van der Waals surface area contributed by atoms with Crippen molar-refractivity contribution >= 4 is 22.9 Å². The molecule has 0 unspecified atom stereocenters. The average molecular weight is 234 g/mol. The van der Waals surface area contributed by atoms with Crippen LogP contribution in [0, 0.1) is 0 Å². The van der Waals surface area contributed by atoms with Gasteiger partial charge in [-0.2, -0.15) is 5.10 Å². The molecule has 1 atom stereocenters. The highest BCUT2D eigenvalue weighted by molar-refractivity contribution is 7.80. The lowest BCUT2D eigenvalue weighted by Crippen LogP contribution is -2.42. The topological polar surface area (TPSA) is 35.8 Å². The molecule has 1 aliphatic heterocycles. The molecule has 4 heteroatoms. The van der Waals surface area contributed by atoms with Gasteiger partial charge in [-0.3, -0.25) is 0 Å². The molecule has 0 bridgehead atoms. The molecular weight excluding hydrogens is 220 g/mol. The second kappa shape index (κ2) is 3.96. The lowest BCUT2D eigenvalue weighted by Gasteiger charge is -2.29. The fourth-order valence-electron chi connectivity index (χ4n) is 1.84. The highest BCUT2D eigenvalue weighted by atomic mass is 32.1. The molecule has 1 aliphatic rings. The molecule has 3 nitrogen and oxygen atoms in total. The largest absolute Gasteiger partial charge is 0.369 e. The van der Waals surface area contributed by atoms with Crippen molar-refractivity contribution in [2.45, 2.75) is 26.0 Å². The first-order valence-corrected chi connectivity index (χ1v) is 5.57. The molecule has 1 aromatic carbocycles. The lowest BCUT2D eigenvalue weighted by atomic mass is 10.1. The number of benzene rings is 1.